The molecule has 0 saturated heterocycles. The Balaban J connectivity index is 0.000000105. The van der Waals surface area contributed by atoms with E-state index in [1.54, 1.807) is 0 Å². The third kappa shape index (κ3) is 13.7. The van der Waals surface area contributed by atoms with E-state index in [-0.39, 0.29) is 0 Å². The van der Waals surface area contributed by atoms with E-state index in [1.165, 1.54) is 180 Å². The van der Waals surface area contributed by atoms with Gasteiger partial charge in [0.05, 0.1) is 0 Å². The summed E-state index contributed by atoms with van der Waals surface area (Å²) in [5, 5.41) is 33.7. The molecule has 30 aromatic rings. The molecule has 0 spiro atoms. The second kappa shape index (κ2) is 34.0. The van der Waals surface area contributed by atoms with Crippen molar-refractivity contribution in [1.29, 1.82) is 0 Å². The van der Waals surface area contributed by atoms with Crippen molar-refractivity contribution >= 4 is 184 Å². The summed E-state index contributed by atoms with van der Waals surface area (Å²) in [6.07, 6.45) is 0. The molecular weight excluding hydrogens is 1740 g/mol. The lowest BCUT2D eigenvalue weighted by Gasteiger charge is -2.20. The molecule has 27 aromatic carbocycles. The van der Waals surface area contributed by atoms with Crippen LogP contribution in [0, 0.1) is 0 Å². The molecule has 0 fully saturated rings. The Morgan fingerprint density at radius 3 is 0.762 bits per heavy atom. The standard InChI is InChI=1S/C47H29NO.2C45H27NO/c1-3-14-30(15-4-1)32-18-13-19-33(28-32)43-37-22-9-11-24-39(37)45(40-25-12-10-23-38(40)43)41-29-34-26-27-42-46(44(34)36-21-8-7-20-35(36)41)49-47(48-42)31-16-5-2-6-17-31;1-2-12-30(13-3-1)45-46-40-26-24-29-21-22-31-27-32(23-25-34(31)42(29)44(40)47-45)41-36-16-6-8-18-38(36)43(39-19-9-7-17-37(39)41)35-20-10-14-28-11-4-5-15-33(28)35;1-2-14-29(15-3-1)45-46-40-26-25-30-27-39(32-18-6-7-19-34(32)41(30)44(40)47-45)43-37-22-10-8-20-35(37)42(36-21-9-11-23-38(36)43)33-24-12-16-28-13-4-5-17-31(28)33/h1-29H;2*1-27H. The van der Waals surface area contributed by atoms with E-state index >= 15 is 0 Å². The molecule has 3 heterocycles. The summed E-state index contributed by atoms with van der Waals surface area (Å²) in [4.78, 5) is 14.7. The minimum atomic E-state index is 0.639. The number of oxazole rings is 3. The third-order valence-electron chi connectivity index (χ3n) is 29.2. The third-order valence-corrected chi connectivity index (χ3v) is 29.2. The quantitative estimate of drug-likeness (QED) is 0.100. The summed E-state index contributed by atoms with van der Waals surface area (Å²) >= 11 is 0. The van der Waals surface area contributed by atoms with Gasteiger partial charge in [0.2, 0.25) is 17.7 Å². The first-order chi connectivity index (χ1) is 71.0. The van der Waals surface area contributed by atoms with Crippen LogP contribution in [-0.4, -0.2) is 15.0 Å². The van der Waals surface area contributed by atoms with Gasteiger partial charge in [-0.25, -0.2) is 15.0 Å². The Morgan fingerprint density at radius 1 is 0.126 bits per heavy atom. The van der Waals surface area contributed by atoms with Gasteiger partial charge in [-0.3, -0.25) is 0 Å². The van der Waals surface area contributed by atoms with E-state index in [0.29, 0.717) is 17.7 Å². The maximum atomic E-state index is 6.56. The van der Waals surface area contributed by atoms with Gasteiger partial charge in [-0.05, 0) is 291 Å². The van der Waals surface area contributed by atoms with Gasteiger partial charge >= 0.3 is 0 Å². The van der Waals surface area contributed by atoms with E-state index in [1.807, 2.05) is 91.0 Å². The van der Waals surface area contributed by atoms with Crippen LogP contribution in [0.5, 0.6) is 0 Å². The SMILES string of the molecule is c1ccc(-c2cccc(-c3c4ccccc4c(-c4cc5ccc6nc(-c7ccccc7)oc6c5c5ccccc45)c4ccccc34)c2)cc1.c1ccc(-c2nc3ccc4cc(-c5c6ccccc6c(-c6cccc7ccccc67)c6ccccc56)c5ccccc5c4c3o2)cc1.c1ccc(-c2nc3ccc4ccc5cc(-c6c7ccccc7c(-c7cccc8ccccc78)c7ccccc67)ccc5c4c3o2)cc1. The number of rotatable bonds is 10. The van der Waals surface area contributed by atoms with Crippen LogP contribution >= 0.6 is 0 Å². The molecule has 143 heavy (non-hydrogen) atoms. The number of nitrogens with zero attached hydrogens (tertiary/aromatic N) is 3. The minimum Gasteiger partial charge on any atom is -0.435 e. The average molecular weight is 1820 g/mol. The monoisotopic (exact) mass is 1820 g/mol. The summed E-state index contributed by atoms with van der Waals surface area (Å²) in [5.41, 5.74) is 25.4. The van der Waals surface area contributed by atoms with Gasteiger partial charge in [-0.2, -0.15) is 0 Å². The van der Waals surface area contributed by atoms with E-state index in [4.69, 9.17) is 28.2 Å². The summed E-state index contributed by atoms with van der Waals surface area (Å²) in [6.45, 7) is 0. The number of hydrogen-bond acceptors (Lipinski definition) is 6. The summed E-state index contributed by atoms with van der Waals surface area (Å²) < 4.78 is 19.6. The van der Waals surface area contributed by atoms with Crippen LogP contribution in [0.15, 0.2) is 517 Å². The smallest absolute Gasteiger partial charge is 0.227 e. The fourth-order valence-corrected chi connectivity index (χ4v) is 22.9. The van der Waals surface area contributed by atoms with Gasteiger partial charge in [0.1, 0.15) is 16.6 Å². The molecule has 0 saturated carbocycles. The lowest BCUT2D eigenvalue weighted by molar-refractivity contribution is 0.623. The molecule has 30 rings (SSSR count). The molecule has 0 N–H and O–H groups in total. The first-order valence-electron chi connectivity index (χ1n) is 48.8. The second-order valence-electron chi connectivity index (χ2n) is 37.2. The highest BCUT2D eigenvalue weighted by atomic mass is 16.4. The van der Waals surface area contributed by atoms with E-state index in [0.717, 1.165) is 98.5 Å². The molecule has 6 heteroatoms. The maximum Gasteiger partial charge on any atom is 0.227 e. The molecule has 0 aliphatic rings. The van der Waals surface area contributed by atoms with Crippen LogP contribution < -0.4 is 0 Å². The highest BCUT2D eigenvalue weighted by Gasteiger charge is 2.28. The Bertz CT molecular complexity index is 10300. The van der Waals surface area contributed by atoms with E-state index < -0.39 is 0 Å². The van der Waals surface area contributed by atoms with Gasteiger partial charge in [-0.1, -0.05) is 425 Å². The van der Waals surface area contributed by atoms with Crippen LogP contribution in [-0.2, 0) is 0 Å². The molecule has 0 radical (unpaired) electrons. The van der Waals surface area contributed by atoms with Crippen LogP contribution in [0.2, 0.25) is 0 Å². The zero-order valence-corrected chi connectivity index (χ0v) is 77.5. The molecule has 3 aromatic heterocycles. The fourth-order valence-electron chi connectivity index (χ4n) is 22.9. The molecule has 664 valence electrons. The first-order valence-corrected chi connectivity index (χ1v) is 48.8. The van der Waals surface area contributed by atoms with Gasteiger partial charge in [0, 0.05) is 32.8 Å². The molecule has 0 aliphatic carbocycles. The molecule has 0 bridgehead atoms. The predicted molar refractivity (Wildman–Crippen MR) is 601 cm³/mol. The van der Waals surface area contributed by atoms with Crippen molar-refractivity contribution in [2.75, 3.05) is 0 Å². The van der Waals surface area contributed by atoms with Gasteiger partial charge in [0.15, 0.2) is 16.7 Å². The van der Waals surface area contributed by atoms with Crippen molar-refractivity contribution < 1.29 is 13.3 Å². The van der Waals surface area contributed by atoms with Crippen LogP contribution in [0.1, 0.15) is 0 Å². The Kier molecular flexibility index (Phi) is 19.6. The number of fused-ring (bicyclic) bond motifs is 23. The van der Waals surface area contributed by atoms with Crippen molar-refractivity contribution in [3.05, 3.63) is 504 Å². The zero-order chi connectivity index (χ0) is 94.1. The van der Waals surface area contributed by atoms with Crippen molar-refractivity contribution in [2.45, 2.75) is 0 Å². The largest absolute Gasteiger partial charge is 0.435 e. The first kappa shape index (κ1) is 82.3. The van der Waals surface area contributed by atoms with E-state index in [2.05, 4.69) is 413 Å². The molecular formula is C137H83N3O3. The molecule has 6 nitrogen and oxygen atoms in total. The van der Waals surface area contributed by atoms with Gasteiger partial charge < -0.3 is 13.3 Å². The van der Waals surface area contributed by atoms with Crippen molar-refractivity contribution in [2.24, 2.45) is 0 Å². The van der Waals surface area contributed by atoms with Crippen molar-refractivity contribution in [3.8, 4) is 112 Å². The van der Waals surface area contributed by atoms with Crippen molar-refractivity contribution in [3.63, 3.8) is 0 Å². The van der Waals surface area contributed by atoms with Gasteiger partial charge in [-0.15, -0.1) is 0 Å². The lowest BCUT2D eigenvalue weighted by Crippen LogP contribution is -1.93. The lowest BCUT2D eigenvalue weighted by atomic mass is 9.83. The molecule has 0 atom stereocenters. The summed E-state index contributed by atoms with van der Waals surface area (Å²) in [6, 6.07) is 180. The molecule has 0 aliphatic heterocycles. The zero-order valence-electron chi connectivity index (χ0n) is 77.5. The highest BCUT2D eigenvalue weighted by Crippen LogP contribution is 2.54. The maximum absolute atomic E-state index is 6.56. The Labute approximate surface area is 822 Å². The highest BCUT2D eigenvalue weighted by molar-refractivity contribution is 6.32. The minimum absolute atomic E-state index is 0.639. The van der Waals surface area contributed by atoms with Gasteiger partial charge in [0.25, 0.3) is 0 Å². The van der Waals surface area contributed by atoms with Crippen LogP contribution in [0.25, 0.3) is 296 Å². The molecule has 0 unspecified atom stereocenters. The van der Waals surface area contributed by atoms with Crippen molar-refractivity contribution in [1.82, 2.24) is 15.0 Å². The summed E-state index contributed by atoms with van der Waals surface area (Å²) in [5.74, 6) is 1.92. The topological polar surface area (TPSA) is 78.1 Å². The number of aromatic nitrogens is 3. The average Bonchev–Trinajstić information content (AvgIpc) is 1.53. The fraction of sp³-hybridized carbons (Fsp3) is 0. The normalized spacial score (nSPS) is 11.8. The van der Waals surface area contributed by atoms with Crippen LogP contribution in [0.3, 0.4) is 0 Å². The summed E-state index contributed by atoms with van der Waals surface area (Å²) in [7, 11) is 0. The number of hydrogen-bond donors (Lipinski definition) is 0. The Hall–Kier alpha value is -19.0. The predicted octanol–water partition coefficient (Wildman–Crippen LogP) is 38.3. The second-order valence-corrected chi connectivity index (χ2v) is 37.2. The Morgan fingerprint density at radius 2 is 0.385 bits per heavy atom. The number of benzene rings is 27. The molecule has 0 amide bonds. The van der Waals surface area contributed by atoms with Crippen LogP contribution in [0.4, 0.5) is 0 Å². The van der Waals surface area contributed by atoms with E-state index in [9.17, 15) is 0 Å².